The smallest absolute Gasteiger partial charge is 0.281 e. The van der Waals surface area contributed by atoms with Crippen molar-refractivity contribution in [3.8, 4) is 0 Å². The Morgan fingerprint density at radius 3 is 2.65 bits per heavy atom. The summed E-state index contributed by atoms with van der Waals surface area (Å²) in [4.78, 5) is 12.2. The number of halogens is 2. The van der Waals surface area contributed by atoms with Gasteiger partial charge in [0.15, 0.2) is 0 Å². The van der Waals surface area contributed by atoms with Crippen LogP contribution in [0.5, 0.6) is 0 Å². The fraction of sp³-hybridized carbons (Fsp3) is 0.500. The second-order valence-corrected chi connectivity index (χ2v) is 7.74. The molecule has 1 fully saturated rings. The molecule has 1 N–H and O–H groups in total. The summed E-state index contributed by atoms with van der Waals surface area (Å²) in [5.74, 6) is -2.66. The standard InChI is InChI=1S/C14H19F2N3O3S/c1-18(2)23(21,22)19-7-3-4-10(9-19)14(20)17-13-6-5-11(15)8-12(13)16/h5-6,8,10H,3-4,7,9H2,1-2H3,(H,17,20)/t10-/m0/s1. The summed E-state index contributed by atoms with van der Waals surface area (Å²) >= 11 is 0. The first kappa shape index (κ1) is 17.8. The molecule has 6 nitrogen and oxygen atoms in total. The minimum absolute atomic E-state index is 0.0369. The van der Waals surface area contributed by atoms with Crippen molar-refractivity contribution in [1.29, 1.82) is 0 Å². The fourth-order valence-electron chi connectivity index (χ4n) is 2.42. The summed E-state index contributed by atoms with van der Waals surface area (Å²) in [6.45, 7) is 0.379. The summed E-state index contributed by atoms with van der Waals surface area (Å²) in [7, 11) is -0.743. The maximum Gasteiger partial charge on any atom is 0.281 e. The van der Waals surface area contributed by atoms with Crippen LogP contribution in [0, 0.1) is 17.6 Å². The van der Waals surface area contributed by atoms with Crippen LogP contribution < -0.4 is 5.32 Å². The highest BCUT2D eigenvalue weighted by Gasteiger charge is 2.33. The number of carbonyl (C=O) groups excluding carboxylic acids is 1. The lowest BCUT2D eigenvalue weighted by molar-refractivity contribution is -0.120. The molecule has 1 amide bonds. The highest BCUT2D eigenvalue weighted by atomic mass is 32.2. The normalized spacial score (nSPS) is 19.8. The molecule has 1 aromatic rings. The molecule has 0 spiro atoms. The number of amides is 1. The van der Waals surface area contributed by atoms with Crippen LogP contribution in [-0.4, -0.2) is 50.1 Å². The Bertz CT molecular complexity index is 695. The minimum atomic E-state index is -3.59. The molecule has 0 radical (unpaired) electrons. The maximum atomic E-state index is 13.6. The zero-order chi connectivity index (χ0) is 17.2. The van der Waals surface area contributed by atoms with Crippen LogP contribution in [0.3, 0.4) is 0 Å². The van der Waals surface area contributed by atoms with E-state index in [-0.39, 0.29) is 12.2 Å². The Morgan fingerprint density at radius 2 is 2.04 bits per heavy atom. The molecule has 1 saturated heterocycles. The SMILES string of the molecule is CN(C)S(=O)(=O)N1CCC[C@H](C(=O)Nc2ccc(F)cc2F)C1. The monoisotopic (exact) mass is 347 g/mol. The van der Waals surface area contributed by atoms with Crippen LogP contribution in [0.1, 0.15) is 12.8 Å². The molecule has 0 aliphatic carbocycles. The van der Waals surface area contributed by atoms with Gasteiger partial charge < -0.3 is 5.32 Å². The lowest BCUT2D eigenvalue weighted by Crippen LogP contribution is -2.47. The first-order valence-electron chi connectivity index (χ1n) is 7.15. The summed E-state index contributed by atoms with van der Waals surface area (Å²) in [6.07, 6.45) is 1.05. The first-order chi connectivity index (χ1) is 10.7. The second kappa shape index (κ2) is 6.90. The van der Waals surface area contributed by atoms with Gasteiger partial charge in [-0.05, 0) is 25.0 Å². The van der Waals surface area contributed by atoms with Gasteiger partial charge >= 0.3 is 0 Å². The molecule has 23 heavy (non-hydrogen) atoms. The van der Waals surface area contributed by atoms with Gasteiger partial charge in [-0.1, -0.05) is 0 Å². The van der Waals surface area contributed by atoms with Crippen LogP contribution in [0.2, 0.25) is 0 Å². The van der Waals surface area contributed by atoms with Gasteiger partial charge in [-0.15, -0.1) is 0 Å². The number of anilines is 1. The van der Waals surface area contributed by atoms with Gasteiger partial charge in [-0.2, -0.15) is 17.0 Å². The molecular formula is C14H19F2N3O3S. The second-order valence-electron chi connectivity index (χ2n) is 5.60. The van der Waals surface area contributed by atoms with E-state index in [4.69, 9.17) is 0 Å². The van der Waals surface area contributed by atoms with E-state index in [0.717, 1.165) is 16.4 Å². The number of hydrogen-bond donors (Lipinski definition) is 1. The Hall–Kier alpha value is -1.58. The van der Waals surface area contributed by atoms with Crippen molar-refractivity contribution in [3.63, 3.8) is 0 Å². The molecule has 128 valence electrons. The minimum Gasteiger partial charge on any atom is -0.323 e. The van der Waals surface area contributed by atoms with Gasteiger partial charge in [0.1, 0.15) is 11.6 Å². The number of benzene rings is 1. The van der Waals surface area contributed by atoms with E-state index in [1.165, 1.54) is 18.4 Å². The largest absolute Gasteiger partial charge is 0.323 e. The van der Waals surface area contributed by atoms with Crippen LogP contribution in [0.4, 0.5) is 14.5 Å². The molecule has 1 atom stereocenters. The van der Waals surface area contributed by atoms with E-state index in [0.29, 0.717) is 25.5 Å². The topological polar surface area (TPSA) is 69.7 Å². The van der Waals surface area contributed by atoms with Gasteiger partial charge in [0.25, 0.3) is 10.2 Å². The number of carbonyl (C=O) groups is 1. The van der Waals surface area contributed by atoms with Crippen LogP contribution in [0.15, 0.2) is 18.2 Å². The van der Waals surface area contributed by atoms with E-state index in [2.05, 4.69) is 5.32 Å². The van der Waals surface area contributed by atoms with E-state index in [9.17, 15) is 22.0 Å². The Morgan fingerprint density at radius 1 is 1.35 bits per heavy atom. The predicted octanol–water partition coefficient (Wildman–Crippen LogP) is 1.42. The van der Waals surface area contributed by atoms with Crippen molar-refractivity contribution >= 4 is 21.8 Å². The molecule has 0 saturated carbocycles. The molecule has 9 heteroatoms. The molecule has 1 aliphatic heterocycles. The van der Waals surface area contributed by atoms with E-state index in [1.54, 1.807) is 0 Å². The van der Waals surface area contributed by atoms with Gasteiger partial charge in [-0.25, -0.2) is 8.78 Å². The maximum absolute atomic E-state index is 13.6. The van der Waals surface area contributed by atoms with Gasteiger partial charge in [0.2, 0.25) is 5.91 Å². The summed E-state index contributed by atoms with van der Waals surface area (Å²) in [5.41, 5.74) is -0.121. The summed E-state index contributed by atoms with van der Waals surface area (Å²) in [5, 5.41) is 2.39. The van der Waals surface area contributed by atoms with E-state index < -0.39 is 33.7 Å². The van der Waals surface area contributed by atoms with Crippen LogP contribution in [-0.2, 0) is 15.0 Å². The molecular weight excluding hydrogens is 328 g/mol. The quantitative estimate of drug-likeness (QED) is 0.896. The van der Waals surface area contributed by atoms with Crippen molar-refractivity contribution in [2.75, 3.05) is 32.5 Å². The fourth-order valence-corrected chi connectivity index (χ4v) is 3.61. The molecule has 1 heterocycles. The number of piperidine rings is 1. The molecule has 0 bridgehead atoms. The predicted molar refractivity (Wildman–Crippen MR) is 81.9 cm³/mol. The summed E-state index contributed by atoms with van der Waals surface area (Å²) in [6, 6.07) is 2.86. The van der Waals surface area contributed by atoms with Crippen molar-refractivity contribution in [1.82, 2.24) is 8.61 Å². The number of hydrogen-bond acceptors (Lipinski definition) is 3. The van der Waals surface area contributed by atoms with Crippen LogP contribution in [0.25, 0.3) is 0 Å². The summed E-state index contributed by atoms with van der Waals surface area (Å²) < 4.78 is 53.0. The third kappa shape index (κ3) is 4.04. The third-order valence-corrected chi connectivity index (χ3v) is 5.64. The molecule has 2 rings (SSSR count). The number of rotatable bonds is 4. The zero-order valence-corrected chi connectivity index (χ0v) is 13.7. The van der Waals surface area contributed by atoms with Crippen molar-refractivity contribution < 1.29 is 22.0 Å². The molecule has 0 aromatic heterocycles. The van der Waals surface area contributed by atoms with E-state index >= 15 is 0 Å². The van der Waals surface area contributed by atoms with Gasteiger partial charge in [-0.3, -0.25) is 4.79 Å². The van der Waals surface area contributed by atoms with Crippen LogP contribution >= 0.6 is 0 Å². The highest BCUT2D eigenvalue weighted by molar-refractivity contribution is 7.86. The lowest BCUT2D eigenvalue weighted by Gasteiger charge is -2.32. The highest BCUT2D eigenvalue weighted by Crippen LogP contribution is 2.23. The van der Waals surface area contributed by atoms with Gasteiger partial charge in [0, 0.05) is 33.3 Å². The lowest BCUT2D eigenvalue weighted by atomic mass is 9.98. The molecule has 0 unspecified atom stereocenters. The van der Waals surface area contributed by atoms with Crippen molar-refractivity contribution in [2.24, 2.45) is 5.92 Å². The average molecular weight is 347 g/mol. The van der Waals surface area contributed by atoms with Crippen molar-refractivity contribution in [3.05, 3.63) is 29.8 Å². The molecule has 1 aromatic carbocycles. The Labute approximate surface area is 134 Å². The van der Waals surface area contributed by atoms with Crippen molar-refractivity contribution in [2.45, 2.75) is 12.8 Å². The average Bonchev–Trinajstić information content (AvgIpc) is 2.50. The van der Waals surface area contributed by atoms with E-state index in [1.807, 2.05) is 0 Å². The molecule has 1 aliphatic rings. The first-order valence-corrected chi connectivity index (χ1v) is 8.55. The third-order valence-electron chi connectivity index (χ3n) is 3.73. The zero-order valence-electron chi connectivity index (χ0n) is 12.9. The Kier molecular flexibility index (Phi) is 5.33. The number of nitrogens with zero attached hydrogens (tertiary/aromatic N) is 2. The number of nitrogens with one attached hydrogen (secondary N) is 1. The van der Waals surface area contributed by atoms with Gasteiger partial charge in [0.05, 0.1) is 11.6 Å². The Balaban J connectivity index is 2.08.